The number of aliphatic hydroxyl groups is 1. The van der Waals surface area contributed by atoms with Gasteiger partial charge in [-0.3, -0.25) is 4.79 Å². The quantitative estimate of drug-likeness (QED) is 0.598. The van der Waals surface area contributed by atoms with E-state index in [1.807, 2.05) is 20.8 Å². The summed E-state index contributed by atoms with van der Waals surface area (Å²) < 4.78 is 11.5. The third-order valence-corrected chi connectivity index (χ3v) is 5.68. The Morgan fingerprint density at radius 3 is 2.64 bits per heavy atom. The van der Waals surface area contributed by atoms with E-state index < -0.39 is 17.3 Å². The predicted octanol–water partition coefficient (Wildman–Crippen LogP) is 3.75. The maximum Gasteiger partial charge on any atom is 0.336 e. The number of benzene rings is 1. The summed E-state index contributed by atoms with van der Waals surface area (Å²) in [6.45, 7) is 9.14. The van der Waals surface area contributed by atoms with Crippen LogP contribution in [0.25, 0.3) is 11.0 Å². The normalized spacial score (nSPS) is 19.1. The second-order valence-electron chi connectivity index (χ2n) is 8.18. The summed E-state index contributed by atoms with van der Waals surface area (Å²) in [6.07, 6.45) is 1.23. The molecule has 152 valence electrons. The van der Waals surface area contributed by atoms with E-state index in [4.69, 9.17) is 9.15 Å². The second-order valence-corrected chi connectivity index (χ2v) is 8.18. The zero-order chi connectivity index (χ0) is 20.8. The lowest BCUT2D eigenvalue weighted by molar-refractivity contribution is -0.0420. The maximum atomic E-state index is 13.3. The van der Waals surface area contributed by atoms with Crippen LogP contribution in [0, 0.1) is 5.92 Å². The Bertz CT molecular complexity index is 985. The molecule has 2 aromatic rings. The van der Waals surface area contributed by atoms with Crippen molar-refractivity contribution in [1.29, 1.82) is 0 Å². The first kappa shape index (κ1) is 20.4. The molecule has 0 aliphatic carbocycles. The van der Waals surface area contributed by atoms with E-state index in [0.29, 0.717) is 29.4 Å². The summed E-state index contributed by atoms with van der Waals surface area (Å²) in [4.78, 5) is 25.5. The van der Waals surface area contributed by atoms with E-state index in [2.05, 4.69) is 0 Å². The monoisotopic (exact) mass is 388 g/mol. The largest absolute Gasteiger partial charge is 0.507 e. The van der Waals surface area contributed by atoms with Gasteiger partial charge in [-0.1, -0.05) is 27.2 Å². The van der Waals surface area contributed by atoms with Crippen molar-refractivity contribution in [2.45, 2.75) is 72.0 Å². The van der Waals surface area contributed by atoms with Gasteiger partial charge in [0.2, 0.25) is 0 Å². The molecule has 2 atom stereocenters. The summed E-state index contributed by atoms with van der Waals surface area (Å²) in [7, 11) is 0. The molecule has 2 N–H and O–H groups in total. The van der Waals surface area contributed by atoms with Crippen molar-refractivity contribution >= 4 is 16.8 Å². The SMILES string of the molecule is CCCc1cc(=O)oc2c(C(=O)C(C)CC)c3c(c(O)c12)CC(O)C(C)(C)O3. The zero-order valence-electron chi connectivity index (χ0n) is 17.1. The number of aryl methyl sites for hydroxylation is 1. The summed E-state index contributed by atoms with van der Waals surface area (Å²) in [5.41, 5.74) is -0.233. The van der Waals surface area contributed by atoms with Crippen molar-refractivity contribution in [2.24, 2.45) is 5.92 Å². The fraction of sp³-hybridized carbons (Fsp3) is 0.545. The van der Waals surface area contributed by atoms with Gasteiger partial charge in [0.15, 0.2) is 11.4 Å². The third kappa shape index (κ3) is 3.20. The first-order valence-corrected chi connectivity index (χ1v) is 9.88. The smallest absolute Gasteiger partial charge is 0.336 e. The Morgan fingerprint density at radius 1 is 1.36 bits per heavy atom. The molecule has 0 saturated heterocycles. The van der Waals surface area contributed by atoms with Gasteiger partial charge in [-0.25, -0.2) is 4.79 Å². The second kappa shape index (κ2) is 7.24. The number of carbonyl (C=O) groups excluding carboxylic acids is 1. The van der Waals surface area contributed by atoms with Crippen molar-refractivity contribution < 1.29 is 24.2 Å². The molecule has 28 heavy (non-hydrogen) atoms. The van der Waals surface area contributed by atoms with Crippen LogP contribution < -0.4 is 10.4 Å². The number of aromatic hydroxyl groups is 1. The van der Waals surface area contributed by atoms with Gasteiger partial charge in [0.05, 0.1) is 11.5 Å². The molecule has 0 fully saturated rings. The topological polar surface area (TPSA) is 97.0 Å². The van der Waals surface area contributed by atoms with Gasteiger partial charge >= 0.3 is 5.63 Å². The lowest BCUT2D eigenvalue weighted by atomic mass is 9.84. The van der Waals surface area contributed by atoms with Crippen molar-refractivity contribution in [3.8, 4) is 11.5 Å². The molecule has 3 rings (SSSR count). The molecule has 0 radical (unpaired) electrons. The molecule has 6 heteroatoms. The molecule has 0 bridgehead atoms. The van der Waals surface area contributed by atoms with Gasteiger partial charge in [-0.15, -0.1) is 0 Å². The Labute approximate surface area is 164 Å². The number of hydrogen-bond donors (Lipinski definition) is 2. The first-order valence-electron chi connectivity index (χ1n) is 9.88. The third-order valence-electron chi connectivity index (χ3n) is 5.68. The van der Waals surface area contributed by atoms with Crippen LogP contribution in [0.2, 0.25) is 0 Å². The highest BCUT2D eigenvalue weighted by atomic mass is 16.5. The van der Waals surface area contributed by atoms with Crippen molar-refractivity contribution in [3.05, 3.63) is 33.2 Å². The van der Waals surface area contributed by atoms with Crippen molar-refractivity contribution in [1.82, 2.24) is 0 Å². The minimum atomic E-state index is -0.946. The van der Waals surface area contributed by atoms with Gasteiger partial charge < -0.3 is 19.4 Å². The molecular formula is C22H28O6. The van der Waals surface area contributed by atoms with Crippen LogP contribution in [-0.2, 0) is 12.8 Å². The Balaban J connectivity index is 2.47. The molecule has 0 spiro atoms. The molecule has 1 aliphatic rings. The van der Waals surface area contributed by atoms with Crippen LogP contribution in [0.1, 0.15) is 68.9 Å². The van der Waals surface area contributed by atoms with E-state index in [-0.39, 0.29) is 40.8 Å². The van der Waals surface area contributed by atoms with Crippen LogP contribution in [0.15, 0.2) is 15.3 Å². The van der Waals surface area contributed by atoms with Crippen molar-refractivity contribution in [3.63, 3.8) is 0 Å². The van der Waals surface area contributed by atoms with Crippen LogP contribution in [0.3, 0.4) is 0 Å². The number of aliphatic hydroxyl groups excluding tert-OH is 1. The van der Waals surface area contributed by atoms with Crippen molar-refractivity contribution in [2.75, 3.05) is 0 Å². The highest BCUT2D eigenvalue weighted by molar-refractivity contribution is 6.12. The van der Waals surface area contributed by atoms with Gasteiger partial charge in [-0.2, -0.15) is 0 Å². The lowest BCUT2D eigenvalue weighted by Crippen LogP contribution is -2.46. The predicted molar refractivity (Wildman–Crippen MR) is 106 cm³/mol. The standard InChI is InChI=1S/C22H28O6/c1-6-8-12-9-15(24)27-21-16(12)19(26)13-10-14(23)22(4,5)28-20(13)17(21)18(25)11(3)7-2/h9,11,14,23,26H,6-8,10H2,1-5H3. The summed E-state index contributed by atoms with van der Waals surface area (Å²) in [5, 5.41) is 21.9. The Morgan fingerprint density at radius 2 is 2.04 bits per heavy atom. The van der Waals surface area contributed by atoms with E-state index in [1.54, 1.807) is 13.8 Å². The molecular weight excluding hydrogens is 360 g/mol. The number of ether oxygens (including phenoxy) is 1. The molecule has 6 nitrogen and oxygen atoms in total. The summed E-state index contributed by atoms with van der Waals surface area (Å²) in [6, 6.07) is 1.36. The van der Waals surface area contributed by atoms with E-state index in [1.165, 1.54) is 6.07 Å². The lowest BCUT2D eigenvalue weighted by Gasteiger charge is -2.38. The fourth-order valence-electron chi connectivity index (χ4n) is 3.68. The molecule has 1 aliphatic heterocycles. The molecule has 1 aromatic carbocycles. The highest BCUT2D eigenvalue weighted by Gasteiger charge is 2.41. The number of phenols is 1. The number of carbonyl (C=O) groups is 1. The minimum Gasteiger partial charge on any atom is -0.507 e. The average Bonchev–Trinajstić information content (AvgIpc) is 2.62. The number of rotatable bonds is 5. The molecule has 2 heterocycles. The number of fused-ring (bicyclic) bond motifs is 2. The van der Waals surface area contributed by atoms with Gasteiger partial charge in [0.1, 0.15) is 22.7 Å². The summed E-state index contributed by atoms with van der Waals surface area (Å²) in [5.74, 6) is -0.391. The molecule has 0 saturated carbocycles. The molecule has 1 aromatic heterocycles. The number of hydrogen-bond acceptors (Lipinski definition) is 6. The number of Topliss-reactive ketones (excluding diaryl/α,β-unsaturated/α-hetero) is 1. The average molecular weight is 388 g/mol. The molecule has 2 unspecified atom stereocenters. The first-order chi connectivity index (χ1) is 13.1. The van der Waals surface area contributed by atoms with Crippen LogP contribution in [0.4, 0.5) is 0 Å². The number of phenolic OH excluding ortho intramolecular Hbond substituents is 1. The van der Waals surface area contributed by atoms with Gasteiger partial charge in [-0.05, 0) is 32.3 Å². The Hall–Kier alpha value is -2.34. The fourth-order valence-corrected chi connectivity index (χ4v) is 3.68. The van der Waals surface area contributed by atoms with Crippen LogP contribution >= 0.6 is 0 Å². The summed E-state index contributed by atoms with van der Waals surface area (Å²) >= 11 is 0. The Kier molecular flexibility index (Phi) is 5.28. The minimum absolute atomic E-state index is 0.0738. The van der Waals surface area contributed by atoms with E-state index >= 15 is 0 Å². The molecule has 0 amide bonds. The zero-order valence-corrected chi connectivity index (χ0v) is 17.1. The number of ketones is 1. The van der Waals surface area contributed by atoms with Gasteiger partial charge in [0.25, 0.3) is 0 Å². The van der Waals surface area contributed by atoms with Crippen LogP contribution in [0.5, 0.6) is 11.5 Å². The maximum absolute atomic E-state index is 13.3. The van der Waals surface area contributed by atoms with Crippen LogP contribution in [-0.4, -0.2) is 27.7 Å². The van der Waals surface area contributed by atoms with E-state index in [0.717, 1.165) is 6.42 Å². The van der Waals surface area contributed by atoms with Gasteiger partial charge in [0, 0.05) is 24.0 Å². The van der Waals surface area contributed by atoms with E-state index in [9.17, 15) is 19.8 Å². The highest BCUT2D eigenvalue weighted by Crippen LogP contribution is 2.47.